The monoisotopic (exact) mass is 396 g/mol. The van der Waals surface area contributed by atoms with Crippen molar-refractivity contribution >= 4 is 23.5 Å². The van der Waals surface area contributed by atoms with E-state index in [0.29, 0.717) is 24.8 Å². The van der Waals surface area contributed by atoms with Crippen molar-refractivity contribution in [3.63, 3.8) is 0 Å². The fraction of sp³-hybridized carbons (Fsp3) is 0.381. The SMILES string of the molecule is CCOC(=O)[C@@H]1C(=O)NC(N2CCN(c3ccccc3)CC2)=N[C@@H]1c1ccco1. The van der Waals surface area contributed by atoms with Gasteiger partial charge >= 0.3 is 5.97 Å². The molecule has 1 aromatic heterocycles. The van der Waals surface area contributed by atoms with E-state index in [2.05, 4.69) is 27.3 Å². The molecule has 0 aliphatic carbocycles. The Hall–Kier alpha value is -3.29. The molecular weight excluding hydrogens is 372 g/mol. The minimum Gasteiger partial charge on any atom is -0.467 e. The van der Waals surface area contributed by atoms with E-state index in [1.54, 1.807) is 19.1 Å². The number of benzene rings is 1. The highest BCUT2D eigenvalue weighted by molar-refractivity contribution is 6.08. The fourth-order valence-corrected chi connectivity index (χ4v) is 3.70. The number of anilines is 1. The molecule has 1 N–H and O–H groups in total. The summed E-state index contributed by atoms with van der Waals surface area (Å²) in [6, 6.07) is 12.9. The molecule has 2 aliphatic heterocycles. The summed E-state index contributed by atoms with van der Waals surface area (Å²) in [5.74, 6) is -1.12. The average molecular weight is 396 g/mol. The van der Waals surface area contributed by atoms with E-state index in [9.17, 15) is 9.59 Å². The summed E-state index contributed by atoms with van der Waals surface area (Å²) in [6.45, 7) is 4.95. The zero-order valence-electron chi connectivity index (χ0n) is 16.3. The Balaban J connectivity index is 1.53. The predicted molar refractivity (Wildman–Crippen MR) is 107 cm³/mol. The van der Waals surface area contributed by atoms with Crippen molar-refractivity contribution in [2.45, 2.75) is 13.0 Å². The molecule has 0 bridgehead atoms. The van der Waals surface area contributed by atoms with Crippen molar-refractivity contribution in [1.29, 1.82) is 0 Å². The van der Waals surface area contributed by atoms with Crippen LogP contribution in [0.15, 0.2) is 58.1 Å². The topological polar surface area (TPSA) is 87.4 Å². The highest BCUT2D eigenvalue weighted by atomic mass is 16.5. The van der Waals surface area contributed by atoms with Gasteiger partial charge in [-0.1, -0.05) is 18.2 Å². The summed E-state index contributed by atoms with van der Waals surface area (Å²) < 4.78 is 10.6. The average Bonchev–Trinajstić information content (AvgIpc) is 3.29. The van der Waals surface area contributed by atoms with Crippen molar-refractivity contribution in [3.05, 3.63) is 54.5 Å². The number of esters is 1. The number of piperazine rings is 1. The van der Waals surface area contributed by atoms with Crippen molar-refractivity contribution in [1.82, 2.24) is 10.2 Å². The van der Waals surface area contributed by atoms with Crippen LogP contribution in [0.5, 0.6) is 0 Å². The lowest BCUT2D eigenvalue weighted by Gasteiger charge is -2.39. The zero-order chi connectivity index (χ0) is 20.2. The van der Waals surface area contributed by atoms with Crippen LogP contribution in [0.3, 0.4) is 0 Å². The van der Waals surface area contributed by atoms with Crippen LogP contribution >= 0.6 is 0 Å². The van der Waals surface area contributed by atoms with Gasteiger partial charge in [-0.2, -0.15) is 0 Å². The Morgan fingerprint density at radius 3 is 2.52 bits per heavy atom. The van der Waals surface area contributed by atoms with Crippen LogP contribution in [0, 0.1) is 5.92 Å². The lowest BCUT2D eigenvalue weighted by molar-refractivity contribution is -0.153. The molecule has 2 aliphatic rings. The van der Waals surface area contributed by atoms with Crippen LogP contribution in [0.4, 0.5) is 5.69 Å². The van der Waals surface area contributed by atoms with Crippen molar-refractivity contribution in [3.8, 4) is 0 Å². The standard InChI is InChI=1S/C21H24N4O4/c1-2-28-20(27)17-18(16-9-6-14-29-16)22-21(23-19(17)26)25-12-10-24(11-13-25)15-7-4-3-5-8-15/h3-9,14,17-18H,2,10-13H2,1H3,(H,22,23,26)/t17-,18+/m0/s1. The number of furan rings is 1. The number of carbonyl (C=O) groups is 2. The Labute approximate surface area is 169 Å². The van der Waals surface area contributed by atoms with Crippen molar-refractivity contribution in [2.75, 3.05) is 37.7 Å². The molecule has 0 radical (unpaired) electrons. The number of hydrogen-bond acceptors (Lipinski definition) is 7. The lowest BCUT2D eigenvalue weighted by Crippen LogP contribution is -2.57. The largest absolute Gasteiger partial charge is 0.467 e. The van der Waals surface area contributed by atoms with E-state index in [4.69, 9.17) is 9.15 Å². The number of hydrogen-bond donors (Lipinski definition) is 1. The normalized spacial score (nSPS) is 22.1. The van der Waals surface area contributed by atoms with Crippen LogP contribution in [0.25, 0.3) is 0 Å². The molecule has 8 nitrogen and oxygen atoms in total. The molecule has 0 unspecified atom stereocenters. The van der Waals surface area contributed by atoms with Crippen LogP contribution < -0.4 is 10.2 Å². The minimum absolute atomic E-state index is 0.200. The van der Waals surface area contributed by atoms with Gasteiger partial charge in [-0.05, 0) is 31.2 Å². The smallest absolute Gasteiger partial charge is 0.321 e. The molecule has 1 aromatic carbocycles. The van der Waals surface area contributed by atoms with Gasteiger partial charge in [0.25, 0.3) is 0 Å². The molecule has 1 fully saturated rings. The second-order valence-corrected chi connectivity index (χ2v) is 6.94. The Morgan fingerprint density at radius 2 is 1.86 bits per heavy atom. The summed E-state index contributed by atoms with van der Waals surface area (Å²) >= 11 is 0. The molecule has 4 rings (SSSR count). The molecule has 0 saturated carbocycles. The highest BCUT2D eigenvalue weighted by Crippen LogP contribution is 2.31. The summed E-state index contributed by atoms with van der Waals surface area (Å²) in [4.78, 5) is 34.2. The van der Waals surface area contributed by atoms with Crippen LogP contribution in [-0.2, 0) is 14.3 Å². The van der Waals surface area contributed by atoms with E-state index in [1.165, 1.54) is 12.0 Å². The quantitative estimate of drug-likeness (QED) is 0.627. The molecule has 8 heteroatoms. The van der Waals surface area contributed by atoms with Gasteiger partial charge in [-0.25, -0.2) is 4.99 Å². The van der Waals surface area contributed by atoms with Gasteiger partial charge in [0.1, 0.15) is 11.8 Å². The second kappa shape index (κ2) is 8.38. The number of guanidine groups is 1. The maximum Gasteiger partial charge on any atom is 0.321 e. The number of rotatable bonds is 4. The molecule has 2 aromatic rings. The first-order valence-electron chi connectivity index (χ1n) is 9.81. The second-order valence-electron chi connectivity index (χ2n) is 6.94. The highest BCUT2D eigenvalue weighted by Gasteiger charge is 2.43. The van der Waals surface area contributed by atoms with E-state index >= 15 is 0 Å². The molecule has 29 heavy (non-hydrogen) atoms. The van der Waals surface area contributed by atoms with Gasteiger partial charge in [-0.3, -0.25) is 14.9 Å². The molecule has 2 atom stereocenters. The van der Waals surface area contributed by atoms with Crippen molar-refractivity contribution in [2.24, 2.45) is 10.9 Å². The number of nitrogens with one attached hydrogen (secondary N) is 1. The summed E-state index contributed by atoms with van der Waals surface area (Å²) in [7, 11) is 0. The van der Waals surface area contributed by atoms with E-state index in [0.717, 1.165) is 13.1 Å². The van der Waals surface area contributed by atoms with Gasteiger partial charge in [-0.15, -0.1) is 0 Å². The predicted octanol–water partition coefficient (Wildman–Crippen LogP) is 1.81. The first kappa shape index (κ1) is 19.0. The van der Waals surface area contributed by atoms with Crippen LogP contribution in [0.2, 0.25) is 0 Å². The van der Waals surface area contributed by atoms with E-state index in [-0.39, 0.29) is 6.61 Å². The number of nitrogens with zero attached hydrogens (tertiary/aromatic N) is 3. The molecule has 1 amide bonds. The molecule has 1 saturated heterocycles. The Bertz CT molecular complexity index is 873. The summed E-state index contributed by atoms with van der Waals surface area (Å²) in [5.41, 5.74) is 1.18. The maximum atomic E-state index is 12.8. The van der Waals surface area contributed by atoms with Gasteiger partial charge in [0.15, 0.2) is 5.92 Å². The molecule has 0 spiro atoms. The third kappa shape index (κ3) is 3.96. The van der Waals surface area contributed by atoms with E-state index in [1.807, 2.05) is 23.1 Å². The fourth-order valence-electron chi connectivity index (χ4n) is 3.70. The zero-order valence-corrected chi connectivity index (χ0v) is 16.3. The molecule has 3 heterocycles. The molecular formula is C21H24N4O4. The van der Waals surface area contributed by atoms with Gasteiger partial charge in [0.05, 0.1) is 12.9 Å². The van der Waals surface area contributed by atoms with Gasteiger partial charge in [0.2, 0.25) is 11.9 Å². The number of aliphatic imine (C=N–C) groups is 1. The van der Waals surface area contributed by atoms with Gasteiger partial charge < -0.3 is 19.0 Å². The Kier molecular flexibility index (Phi) is 5.50. The summed E-state index contributed by atoms with van der Waals surface area (Å²) in [5, 5.41) is 2.80. The first-order valence-corrected chi connectivity index (χ1v) is 9.81. The van der Waals surface area contributed by atoms with Gasteiger partial charge in [0, 0.05) is 31.9 Å². The number of para-hydroxylation sites is 1. The maximum absolute atomic E-state index is 12.8. The molecule has 152 valence electrons. The first-order chi connectivity index (χ1) is 14.2. The minimum atomic E-state index is -1.06. The van der Waals surface area contributed by atoms with Crippen LogP contribution in [0.1, 0.15) is 18.7 Å². The van der Waals surface area contributed by atoms with Crippen LogP contribution in [-0.4, -0.2) is 55.5 Å². The summed E-state index contributed by atoms with van der Waals surface area (Å²) in [6.07, 6.45) is 1.51. The number of ether oxygens (including phenoxy) is 1. The van der Waals surface area contributed by atoms with E-state index < -0.39 is 23.8 Å². The van der Waals surface area contributed by atoms with Crippen molar-refractivity contribution < 1.29 is 18.7 Å². The third-order valence-electron chi connectivity index (χ3n) is 5.17. The third-order valence-corrected chi connectivity index (χ3v) is 5.17. The number of carbonyl (C=O) groups excluding carboxylic acids is 2. The Morgan fingerprint density at radius 1 is 1.14 bits per heavy atom. The lowest BCUT2D eigenvalue weighted by atomic mass is 9.95. The number of amides is 1.